The van der Waals surface area contributed by atoms with E-state index < -0.39 is 11.6 Å². The summed E-state index contributed by atoms with van der Waals surface area (Å²) >= 11 is 0. The van der Waals surface area contributed by atoms with E-state index in [9.17, 15) is 14.7 Å². The minimum Gasteiger partial charge on any atom is -0.458 e. The minimum absolute atomic E-state index is 0.0423. The summed E-state index contributed by atoms with van der Waals surface area (Å²) in [7, 11) is 1.92. The van der Waals surface area contributed by atoms with Crippen molar-refractivity contribution in [3.63, 3.8) is 0 Å². The molecule has 6 heteroatoms. The second-order valence-electron chi connectivity index (χ2n) is 12.5. The van der Waals surface area contributed by atoms with E-state index in [0.29, 0.717) is 24.4 Å². The second-order valence-corrected chi connectivity index (χ2v) is 12.5. The molecule has 1 aliphatic heterocycles. The van der Waals surface area contributed by atoms with Crippen molar-refractivity contribution in [3.05, 3.63) is 11.6 Å². The monoisotopic (exact) mass is 458 g/mol. The van der Waals surface area contributed by atoms with Crippen molar-refractivity contribution in [2.24, 2.45) is 40.2 Å². The molecule has 4 fully saturated rings. The van der Waals surface area contributed by atoms with Crippen molar-refractivity contribution in [1.82, 2.24) is 4.90 Å². The van der Waals surface area contributed by atoms with Gasteiger partial charge in [-0.25, -0.2) is 4.79 Å². The molecule has 184 valence electrons. The van der Waals surface area contributed by atoms with E-state index >= 15 is 0 Å². The summed E-state index contributed by atoms with van der Waals surface area (Å²) in [5.74, 6) is 1.50. The van der Waals surface area contributed by atoms with Gasteiger partial charge in [0.05, 0.1) is 11.6 Å². The van der Waals surface area contributed by atoms with Crippen LogP contribution in [0.1, 0.15) is 78.6 Å². The largest absolute Gasteiger partial charge is 0.458 e. The lowest BCUT2D eigenvalue weighted by Crippen LogP contribution is -2.63. The number of likely N-dealkylation sites (N-methyl/N-ethyl adjacent to an activating group) is 1. The highest BCUT2D eigenvalue weighted by Gasteiger charge is 2.67. The number of ether oxygens (including phenoxy) is 1. The van der Waals surface area contributed by atoms with Crippen LogP contribution in [-0.4, -0.2) is 53.2 Å². The van der Waals surface area contributed by atoms with Gasteiger partial charge in [0.15, 0.2) is 0 Å². The fourth-order valence-corrected chi connectivity index (χ4v) is 9.24. The number of nitrogens with zero attached hydrogens (tertiary/aromatic N) is 1. The Labute approximate surface area is 198 Å². The van der Waals surface area contributed by atoms with Crippen molar-refractivity contribution in [2.75, 3.05) is 13.7 Å². The second kappa shape index (κ2) is 7.81. The third-order valence-electron chi connectivity index (χ3n) is 11.2. The molecule has 33 heavy (non-hydrogen) atoms. The molecule has 1 heterocycles. The molecular formula is C27H42N2O4. The van der Waals surface area contributed by atoms with E-state index in [0.717, 1.165) is 63.4 Å². The molecule has 4 saturated carbocycles. The van der Waals surface area contributed by atoms with E-state index in [1.807, 2.05) is 11.9 Å². The molecule has 0 spiro atoms. The fourth-order valence-electron chi connectivity index (χ4n) is 9.24. The highest BCUT2D eigenvalue weighted by atomic mass is 16.5. The normalized spacial score (nSPS) is 47.6. The molecule has 3 N–H and O–H groups in total. The Bertz CT molecular complexity index is 870. The zero-order valence-electron chi connectivity index (χ0n) is 20.8. The van der Waals surface area contributed by atoms with Gasteiger partial charge in [0.2, 0.25) is 5.91 Å². The average Bonchev–Trinajstić information content (AvgIpc) is 3.32. The average molecular weight is 459 g/mol. The molecule has 0 aromatic carbocycles. The molecule has 5 aliphatic rings. The first-order valence-electron chi connectivity index (χ1n) is 13.1. The van der Waals surface area contributed by atoms with E-state index in [4.69, 9.17) is 10.5 Å². The highest BCUT2D eigenvalue weighted by molar-refractivity contribution is 5.85. The number of fused-ring (bicyclic) bond motifs is 5. The van der Waals surface area contributed by atoms with Crippen LogP contribution in [0.5, 0.6) is 0 Å². The van der Waals surface area contributed by atoms with Gasteiger partial charge in [0, 0.05) is 24.6 Å². The quantitative estimate of drug-likeness (QED) is 0.632. The van der Waals surface area contributed by atoms with Crippen molar-refractivity contribution in [1.29, 1.82) is 0 Å². The molecule has 6 nitrogen and oxygen atoms in total. The Balaban J connectivity index is 1.36. The van der Waals surface area contributed by atoms with Crippen molar-refractivity contribution < 1.29 is 19.4 Å². The first-order chi connectivity index (χ1) is 15.5. The minimum atomic E-state index is -0.667. The number of aliphatic hydroxyl groups is 1. The first kappa shape index (κ1) is 23.3. The molecule has 1 amide bonds. The van der Waals surface area contributed by atoms with Gasteiger partial charge >= 0.3 is 5.97 Å². The summed E-state index contributed by atoms with van der Waals surface area (Å²) in [6.45, 7) is 6.93. The van der Waals surface area contributed by atoms with Crippen LogP contribution in [0.3, 0.4) is 0 Å². The number of hydrogen-bond donors (Lipinski definition) is 2. The molecule has 0 saturated heterocycles. The molecule has 0 aromatic rings. The van der Waals surface area contributed by atoms with Crippen LogP contribution in [-0.2, 0) is 14.3 Å². The van der Waals surface area contributed by atoms with Crippen molar-refractivity contribution >= 4 is 11.9 Å². The molecule has 0 aromatic heterocycles. The predicted molar refractivity (Wildman–Crippen MR) is 126 cm³/mol. The SMILES string of the molecule is C[C@@H](N)C(=O)N(C)[C@@H]1CC[C@]2(C)[C@H](CC[C@@H]3[C@H]2CC[C@]2(C)[C@@H](C4=CC(=O)OC4)CC[C@@]32O)C1. The molecule has 9 atom stereocenters. The third-order valence-corrected chi connectivity index (χ3v) is 11.2. The molecular weight excluding hydrogens is 416 g/mol. The molecule has 0 unspecified atom stereocenters. The van der Waals surface area contributed by atoms with E-state index in [2.05, 4.69) is 13.8 Å². The van der Waals surface area contributed by atoms with Crippen LogP contribution in [0.2, 0.25) is 0 Å². The molecule has 4 aliphatic carbocycles. The Hall–Kier alpha value is -1.40. The summed E-state index contributed by atoms with van der Waals surface area (Å²) in [6, 6.07) is -0.173. The van der Waals surface area contributed by atoms with Gasteiger partial charge in [-0.2, -0.15) is 0 Å². The number of esters is 1. The van der Waals surface area contributed by atoms with Crippen LogP contribution < -0.4 is 5.73 Å². The van der Waals surface area contributed by atoms with Gasteiger partial charge in [-0.3, -0.25) is 4.79 Å². The van der Waals surface area contributed by atoms with E-state index in [1.165, 1.54) is 0 Å². The number of rotatable bonds is 3. The number of carbonyl (C=O) groups excluding carboxylic acids is 2. The van der Waals surface area contributed by atoms with Crippen LogP contribution in [0, 0.1) is 34.5 Å². The molecule has 0 radical (unpaired) electrons. The van der Waals surface area contributed by atoms with Gasteiger partial charge in [-0.05, 0) is 99.4 Å². The number of hydrogen-bond acceptors (Lipinski definition) is 5. The van der Waals surface area contributed by atoms with Gasteiger partial charge < -0.3 is 20.5 Å². The van der Waals surface area contributed by atoms with Crippen LogP contribution in [0.15, 0.2) is 11.6 Å². The molecule has 5 rings (SSSR count). The van der Waals surface area contributed by atoms with Gasteiger partial charge in [0.25, 0.3) is 0 Å². The maximum Gasteiger partial charge on any atom is 0.331 e. The fraction of sp³-hybridized carbons (Fsp3) is 0.852. The lowest BCUT2D eigenvalue weighted by atomic mass is 9.43. The zero-order chi connectivity index (χ0) is 23.8. The lowest BCUT2D eigenvalue weighted by molar-refractivity contribution is -0.206. The Morgan fingerprint density at radius 2 is 1.91 bits per heavy atom. The standard InChI is InChI=1S/C27H42N2O4/c1-16(28)24(31)29(4)19-7-10-25(2)18(14-19)5-6-22-21(25)8-11-26(3)20(9-12-27(22,26)32)17-13-23(30)33-15-17/h13,16,18-22,32H,5-12,14-15,28H2,1-4H3/t16-,18-,19-,20-,21-,22-,25-,26-,27-/m1/s1. The van der Waals surface area contributed by atoms with Crippen molar-refractivity contribution in [3.8, 4) is 0 Å². The van der Waals surface area contributed by atoms with Gasteiger partial charge in [-0.15, -0.1) is 0 Å². The molecule has 0 bridgehead atoms. The number of amides is 1. The van der Waals surface area contributed by atoms with Crippen molar-refractivity contribution in [2.45, 2.75) is 96.2 Å². The smallest absolute Gasteiger partial charge is 0.331 e. The topological polar surface area (TPSA) is 92.9 Å². The van der Waals surface area contributed by atoms with E-state index in [-0.39, 0.29) is 34.7 Å². The van der Waals surface area contributed by atoms with Crippen LogP contribution in [0.25, 0.3) is 0 Å². The van der Waals surface area contributed by atoms with Gasteiger partial charge in [-0.1, -0.05) is 13.8 Å². The first-order valence-corrected chi connectivity index (χ1v) is 13.1. The van der Waals surface area contributed by atoms with Gasteiger partial charge in [0.1, 0.15) is 6.61 Å². The predicted octanol–water partition coefficient (Wildman–Crippen LogP) is 3.42. The number of carbonyl (C=O) groups is 2. The number of cyclic esters (lactones) is 1. The third kappa shape index (κ3) is 3.26. The highest BCUT2D eigenvalue weighted by Crippen LogP contribution is 2.70. The van der Waals surface area contributed by atoms with E-state index in [1.54, 1.807) is 13.0 Å². The Kier molecular flexibility index (Phi) is 5.52. The van der Waals surface area contributed by atoms with Crippen LogP contribution in [0.4, 0.5) is 0 Å². The Morgan fingerprint density at radius 1 is 1.15 bits per heavy atom. The lowest BCUT2D eigenvalue weighted by Gasteiger charge is -2.64. The maximum atomic E-state index is 12.5. The maximum absolute atomic E-state index is 12.5. The zero-order valence-corrected chi connectivity index (χ0v) is 20.8. The Morgan fingerprint density at radius 3 is 2.58 bits per heavy atom. The summed E-state index contributed by atoms with van der Waals surface area (Å²) in [5, 5.41) is 12.3. The summed E-state index contributed by atoms with van der Waals surface area (Å²) in [4.78, 5) is 26.2. The summed E-state index contributed by atoms with van der Waals surface area (Å²) in [5.41, 5.74) is 6.35. The summed E-state index contributed by atoms with van der Waals surface area (Å²) < 4.78 is 5.24. The summed E-state index contributed by atoms with van der Waals surface area (Å²) in [6.07, 6.45) is 11.0. The number of nitrogens with two attached hydrogens (primary N) is 1. The van der Waals surface area contributed by atoms with Crippen LogP contribution >= 0.6 is 0 Å².